The molecule has 1 unspecified atom stereocenters. The van der Waals surface area contributed by atoms with Crippen molar-refractivity contribution in [1.29, 1.82) is 0 Å². The Balaban J connectivity index is 1.32. The SMILES string of the molecule is CC(=O)NC1CC[C@H](NC(=O)c2cc3cc(Cl)ccc3[nH]2)[C@H](NC(=O)c2nc3c(s2)CN(C)CC3)C1. The molecule has 11 heteroatoms. The van der Waals surface area contributed by atoms with Gasteiger partial charge in [-0.25, -0.2) is 4.98 Å². The van der Waals surface area contributed by atoms with Gasteiger partial charge in [0, 0.05) is 59.3 Å². The minimum absolute atomic E-state index is 0.0747. The highest BCUT2D eigenvalue weighted by atomic mass is 35.5. The molecule has 1 aliphatic heterocycles. The molecule has 1 aromatic carbocycles. The van der Waals surface area contributed by atoms with Gasteiger partial charge in [0.25, 0.3) is 11.8 Å². The molecule has 36 heavy (non-hydrogen) atoms. The lowest BCUT2D eigenvalue weighted by atomic mass is 9.86. The first-order chi connectivity index (χ1) is 17.2. The van der Waals surface area contributed by atoms with Gasteiger partial charge in [-0.3, -0.25) is 14.4 Å². The van der Waals surface area contributed by atoms with E-state index in [9.17, 15) is 14.4 Å². The van der Waals surface area contributed by atoms with Crippen molar-refractivity contribution in [3.8, 4) is 0 Å². The summed E-state index contributed by atoms with van der Waals surface area (Å²) < 4.78 is 0. The van der Waals surface area contributed by atoms with Crippen LogP contribution in [0.5, 0.6) is 0 Å². The molecule has 1 fully saturated rings. The van der Waals surface area contributed by atoms with Crippen LogP contribution in [0.2, 0.25) is 5.02 Å². The molecule has 2 aromatic heterocycles. The average Bonchev–Trinajstić information content (AvgIpc) is 3.44. The topological polar surface area (TPSA) is 119 Å². The maximum atomic E-state index is 13.2. The zero-order chi connectivity index (χ0) is 25.4. The summed E-state index contributed by atoms with van der Waals surface area (Å²) in [5.74, 6) is -0.608. The molecule has 2 aliphatic rings. The second kappa shape index (κ2) is 10.2. The Morgan fingerprint density at radius 3 is 2.72 bits per heavy atom. The van der Waals surface area contributed by atoms with Crippen molar-refractivity contribution in [2.45, 2.75) is 57.3 Å². The number of likely N-dealkylation sites (N-methyl/N-ethyl adjacent to an activating group) is 1. The third kappa shape index (κ3) is 5.40. The van der Waals surface area contributed by atoms with Crippen molar-refractivity contribution in [3.63, 3.8) is 0 Å². The van der Waals surface area contributed by atoms with Crippen LogP contribution in [0.15, 0.2) is 24.3 Å². The van der Waals surface area contributed by atoms with Crippen molar-refractivity contribution < 1.29 is 14.4 Å². The number of amides is 3. The summed E-state index contributed by atoms with van der Waals surface area (Å²) in [6.45, 7) is 3.20. The van der Waals surface area contributed by atoms with Crippen molar-refractivity contribution >= 4 is 51.6 Å². The summed E-state index contributed by atoms with van der Waals surface area (Å²) in [7, 11) is 2.06. The molecule has 3 aromatic rings. The summed E-state index contributed by atoms with van der Waals surface area (Å²) in [6.07, 6.45) is 2.67. The lowest BCUT2D eigenvalue weighted by Gasteiger charge is -2.37. The van der Waals surface area contributed by atoms with Gasteiger partial charge in [-0.2, -0.15) is 0 Å². The fourth-order valence-electron chi connectivity index (χ4n) is 5.04. The largest absolute Gasteiger partial charge is 0.354 e. The first-order valence-corrected chi connectivity index (χ1v) is 13.3. The predicted molar refractivity (Wildman–Crippen MR) is 139 cm³/mol. The van der Waals surface area contributed by atoms with Crippen LogP contribution in [0.3, 0.4) is 0 Å². The Morgan fingerprint density at radius 1 is 1.11 bits per heavy atom. The van der Waals surface area contributed by atoms with Gasteiger partial charge in [0.05, 0.1) is 11.7 Å². The van der Waals surface area contributed by atoms with Crippen LogP contribution >= 0.6 is 22.9 Å². The van der Waals surface area contributed by atoms with E-state index < -0.39 is 0 Å². The molecular weight excluding hydrogens is 500 g/mol. The third-order valence-electron chi connectivity index (χ3n) is 6.83. The van der Waals surface area contributed by atoms with Crippen LogP contribution in [0.25, 0.3) is 10.9 Å². The Hall–Kier alpha value is -2.95. The Bertz CT molecular complexity index is 1320. The van der Waals surface area contributed by atoms with Crippen LogP contribution < -0.4 is 16.0 Å². The number of benzene rings is 1. The number of nitrogens with zero attached hydrogens (tertiary/aromatic N) is 2. The maximum Gasteiger partial charge on any atom is 0.280 e. The van der Waals surface area contributed by atoms with Crippen LogP contribution in [0.1, 0.15) is 57.0 Å². The standard InChI is InChI=1S/C25H29ClN6O3S/c1-13(33)27-16-4-6-18(29-23(34)21-10-14-9-15(26)3-5-17(14)28-21)20(11-16)30-24(35)25-31-19-7-8-32(2)12-22(19)36-25/h3,5,9-10,16,18,20,28H,4,6-8,11-12H2,1-2H3,(H,27,33)(H,29,34)(H,30,35)/t16?,18-,20+/m0/s1. The van der Waals surface area contributed by atoms with E-state index in [0.717, 1.165) is 41.0 Å². The van der Waals surface area contributed by atoms with Crippen molar-refractivity contribution in [3.05, 3.63) is 50.6 Å². The number of carbonyl (C=O) groups is 3. The number of hydrogen-bond acceptors (Lipinski definition) is 6. The highest BCUT2D eigenvalue weighted by Crippen LogP contribution is 2.26. The van der Waals surface area contributed by atoms with Gasteiger partial charge in [-0.1, -0.05) is 11.6 Å². The number of thiazole rings is 1. The normalized spacial score (nSPS) is 22.1. The second-order valence-corrected chi connectivity index (χ2v) is 11.2. The first-order valence-electron chi connectivity index (χ1n) is 12.1. The number of aromatic amines is 1. The lowest BCUT2D eigenvalue weighted by Crippen LogP contribution is -2.57. The molecule has 3 heterocycles. The summed E-state index contributed by atoms with van der Waals surface area (Å²) in [5.41, 5.74) is 2.24. The molecule has 3 atom stereocenters. The zero-order valence-corrected chi connectivity index (χ0v) is 21.8. The number of rotatable bonds is 5. The van der Waals surface area contributed by atoms with Gasteiger partial charge in [0.15, 0.2) is 5.01 Å². The molecule has 190 valence electrons. The van der Waals surface area contributed by atoms with Crippen LogP contribution in [0, 0.1) is 0 Å². The highest BCUT2D eigenvalue weighted by Gasteiger charge is 2.34. The number of H-pyrrole nitrogens is 1. The molecule has 5 rings (SSSR count). The van der Waals surface area contributed by atoms with E-state index in [-0.39, 0.29) is 35.8 Å². The van der Waals surface area contributed by atoms with Crippen molar-refractivity contribution in [2.75, 3.05) is 13.6 Å². The van der Waals surface area contributed by atoms with E-state index >= 15 is 0 Å². The Labute approximate surface area is 218 Å². The van der Waals surface area contributed by atoms with Gasteiger partial charge < -0.3 is 25.8 Å². The summed E-state index contributed by atoms with van der Waals surface area (Å²) in [4.78, 5) is 49.0. The molecule has 0 saturated heterocycles. The van der Waals surface area contributed by atoms with Gasteiger partial charge in [0.1, 0.15) is 5.69 Å². The molecule has 3 amide bonds. The Kier molecular flexibility index (Phi) is 7.00. The van der Waals surface area contributed by atoms with Gasteiger partial charge in [0.2, 0.25) is 5.91 Å². The van der Waals surface area contributed by atoms with E-state index in [4.69, 9.17) is 11.6 Å². The van der Waals surface area contributed by atoms with E-state index in [1.165, 1.54) is 18.3 Å². The summed E-state index contributed by atoms with van der Waals surface area (Å²) in [5, 5.41) is 11.0. The van der Waals surface area contributed by atoms with E-state index in [1.807, 2.05) is 6.07 Å². The molecule has 9 nitrogen and oxygen atoms in total. The van der Waals surface area contributed by atoms with Crippen molar-refractivity contribution in [2.24, 2.45) is 0 Å². The monoisotopic (exact) mass is 528 g/mol. The second-order valence-electron chi connectivity index (χ2n) is 9.66. The minimum Gasteiger partial charge on any atom is -0.354 e. The molecule has 4 N–H and O–H groups in total. The third-order valence-corrected chi connectivity index (χ3v) is 8.15. The van der Waals surface area contributed by atoms with Gasteiger partial charge in [-0.15, -0.1) is 11.3 Å². The fraction of sp³-hybridized carbons (Fsp3) is 0.440. The summed E-state index contributed by atoms with van der Waals surface area (Å²) in [6, 6.07) is 6.46. The van der Waals surface area contributed by atoms with Crippen LogP contribution in [-0.4, -0.2) is 64.3 Å². The number of carbonyl (C=O) groups excluding carboxylic acids is 3. The van der Waals surface area contributed by atoms with Gasteiger partial charge >= 0.3 is 0 Å². The number of halogens is 1. The molecule has 0 spiro atoms. The van der Waals surface area contributed by atoms with E-state index in [1.54, 1.807) is 18.2 Å². The highest BCUT2D eigenvalue weighted by molar-refractivity contribution is 7.13. The Morgan fingerprint density at radius 2 is 1.92 bits per heavy atom. The molecule has 1 aliphatic carbocycles. The predicted octanol–water partition coefficient (Wildman–Crippen LogP) is 2.85. The number of fused-ring (bicyclic) bond motifs is 2. The maximum absolute atomic E-state index is 13.2. The summed E-state index contributed by atoms with van der Waals surface area (Å²) >= 11 is 7.51. The molecule has 0 bridgehead atoms. The molecular formula is C25H29ClN6O3S. The lowest BCUT2D eigenvalue weighted by molar-refractivity contribution is -0.119. The van der Waals surface area contributed by atoms with E-state index in [0.29, 0.717) is 35.0 Å². The quantitative estimate of drug-likeness (QED) is 0.406. The van der Waals surface area contributed by atoms with Gasteiger partial charge in [-0.05, 0) is 50.6 Å². The average molecular weight is 529 g/mol. The number of nitrogens with one attached hydrogen (secondary N) is 4. The van der Waals surface area contributed by atoms with Crippen LogP contribution in [0.4, 0.5) is 0 Å². The minimum atomic E-state index is -0.352. The number of hydrogen-bond donors (Lipinski definition) is 4. The fourth-order valence-corrected chi connectivity index (χ4v) is 6.32. The van der Waals surface area contributed by atoms with Crippen LogP contribution in [-0.2, 0) is 17.8 Å². The smallest absolute Gasteiger partial charge is 0.280 e. The van der Waals surface area contributed by atoms with Crippen molar-refractivity contribution in [1.82, 2.24) is 30.8 Å². The number of aromatic nitrogens is 2. The molecule has 1 saturated carbocycles. The first kappa shape index (κ1) is 24.7. The zero-order valence-electron chi connectivity index (χ0n) is 20.2. The molecule has 0 radical (unpaired) electrons. The van der Waals surface area contributed by atoms with E-state index in [2.05, 4.69) is 37.9 Å².